The maximum atomic E-state index is 5.36. The van der Waals surface area contributed by atoms with Crippen molar-refractivity contribution < 1.29 is 9.47 Å². The number of aromatic nitrogens is 2. The van der Waals surface area contributed by atoms with E-state index in [9.17, 15) is 0 Å². The number of ether oxygens (including phenoxy) is 2. The van der Waals surface area contributed by atoms with E-state index < -0.39 is 0 Å². The van der Waals surface area contributed by atoms with Gasteiger partial charge in [0.1, 0.15) is 0 Å². The highest BCUT2D eigenvalue weighted by Gasteiger charge is 2.12. The van der Waals surface area contributed by atoms with Gasteiger partial charge in [-0.2, -0.15) is 8.75 Å². The highest BCUT2D eigenvalue weighted by atomic mass is 32.1. The van der Waals surface area contributed by atoms with Crippen LogP contribution in [0.2, 0.25) is 0 Å². The van der Waals surface area contributed by atoms with E-state index in [-0.39, 0.29) is 6.04 Å². The first-order valence-corrected chi connectivity index (χ1v) is 5.33. The summed E-state index contributed by atoms with van der Waals surface area (Å²) < 4.78 is 18.8. The van der Waals surface area contributed by atoms with Gasteiger partial charge in [0.05, 0.1) is 56.1 Å². The maximum absolute atomic E-state index is 5.36. The van der Waals surface area contributed by atoms with E-state index in [1.165, 1.54) is 11.7 Å². The standard InChI is InChI=1S/C8H13N3O2S/c1-2-13-6-8(5-12-1)9-3-7-4-10-14-11-7/h4,8-9H,1-3,5-6H2. The Hall–Kier alpha value is -0.560. The lowest BCUT2D eigenvalue weighted by molar-refractivity contribution is 0.103. The number of nitrogens with one attached hydrogen (secondary N) is 1. The molecule has 1 N–H and O–H groups in total. The Morgan fingerprint density at radius 3 is 2.86 bits per heavy atom. The van der Waals surface area contributed by atoms with Gasteiger partial charge >= 0.3 is 0 Å². The summed E-state index contributed by atoms with van der Waals surface area (Å²) in [6.07, 6.45) is 1.77. The molecule has 1 aromatic rings. The molecule has 6 heteroatoms. The monoisotopic (exact) mass is 215 g/mol. The second-order valence-corrected chi connectivity index (χ2v) is 3.68. The molecule has 0 aromatic carbocycles. The van der Waals surface area contributed by atoms with E-state index in [0.29, 0.717) is 26.4 Å². The van der Waals surface area contributed by atoms with Crippen molar-refractivity contribution in [3.8, 4) is 0 Å². The highest BCUT2D eigenvalue weighted by Crippen LogP contribution is 1.98. The Balaban J connectivity index is 1.73. The first-order valence-electron chi connectivity index (χ1n) is 4.60. The summed E-state index contributed by atoms with van der Waals surface area (Å²) in [6.45, 7) is 3.52. The molecule has 1 aliphatic heterocycles. The van der Waals surface area contributed by atoms with Crippen LogP contribution >= 0.6 is 11.7 Å². The van der Waals surface area contributed by atoms with E-state index in [2.05, 4.69) is 14.1 Å². The molecule has 1 aromatic heterocycles. The molecule has 14 heavy (non-hydrogen) atoms. The highest BCUT2D eigenvalue weighted by molar-refractivity contribution is 6.99. The van der Waals surface area contributed by atoms with Gasteiger partial charge in [0, 0.05) is 6.54 Å². The molecule has 1 saturated heterocycles. The Labute approximate surface area is 86.8 Å². The molecule has 2 heterocycles. The van der Waals surface area contributed by atoms with Crippen molar-refractivity contribution >= 4 is 11.7 Å². The molecule has 0 bridgehead atoms. The van der Waals surface area contributed by atoms with Crippen LogP contribution in [0, 0.1) is 0 Å². The lowest BCUT2D eigenvalue weighted by atomic mass is 10.3. The Morgan fingerprint density at radius 2 is 2.21 bits per heavy atom. The van der Waals surface area contributed by atoms with Gasteiger partial charge in [-0.25, -0.2) is 0 Å². The van der Waals surface area contributed by atoms with Gasteiger partial charge in [-0.05, 0) is 0 Å². The van der Waals surface area contributed by atoms with E-state index >= 15 is 0 Å². The van der Waals surface area contributed by atoms with Crippen LogP contribution in [0.25, 0.3) is 0 Å². The van der Waals surface area contributed by atoms with Crippen molar-refractivity contribution in [1.29, 1.82) is 0 Å². The predicted octanol–water partition coefficient (Wildman–Crippen LogP) is 0.0431. The van der Waals surface area contributed by atoms with Gasteiger partial charge in [-0.1, -0.05) is 0 Å². The topological polar surface area (TPSA) is 56.3 Å². The third kappa shape index (κ3) is 2.98. The van der Waals surface area contributed by atoms with Crippen molar-refractivity contribution in [1.82, 2.24) is 14.1 Å². The van der Waals surface area contributed by atoms with E-state index in [1.807, 2.05) is 0 Å². The summed E-state index contributed by atoms with van der Waals surface area (Å²) in [4.78, 5) is 0. The van der Waals surface area contributed by atoms with Crippen LogP contribution in [-0.2, 0) is 16.0 Å². The Kier molecular flexibility index (Phi) is 3.81. The first kappa shape index (κ1) is 9.97. The van der Waals surface area contributed by atoms with Gasteiger partial charge in [0.25, 0.3) is 0 Å². The molecule has 0 amide bonds. The summed E-state index contributed by atoms with van der Waals surface area (Å²) in [5.74, 6) is 0. The van der Waals surface area contributed by atoms with Crippen LogP contribution in [0.15, 0.2) is 6.20 Å². The minimum atomic E-state index is 0.263. The largest absolute Gasteiger partial charge is 0.377 e. The van der Waals surface area contributed by atoms with Crippen LogP contribution < -0.4 is 5.32 Å². The second kappa shape index (κ2) is 5.35. The number of hydrogen-bond donors (Lipinski definition) is 1. The van der Waals surface area contributed by atoms with Crippen LogP contribution in [0.4, 0.5) is 0 Å². The molecular formula is C8H13N3O2S. The Bertz CT molecular complexity index is 247. The Morgan fingerprint density at radius 1 is 1.43 bits per heavy atom. The fraction of sp³-hybridized carbons (Fsp3) is 0.750. The molecule has 0 spiro atoms. The minimum absolute atomic E-state index is 0.263. The molecule has 2 rings (SSSR count). The molecule has 0 aliphatic carbocycles. The number of rotatable bonds is 3. The zero-order chi connectivity index (χ0) is 9.64. The molecule has 0 saturated carbocycles. The van der Waals surface area contributed by atoms with Crippen molar-refractivity contribution in [2.24, 2.45) is 0 Å². The van der Waals surface area contributed by atoms with Crippen molar-refractivity contribution in [2.75, 3.05) is 26.4 Å². The van der Waals surface area contributed by atoms with Gasteiger partial charge in [-0.3, -0.25) is 0 Å². The lowest BCUT2D eigenvalue weighted by Gasteiger charge is -2.13. The lowest BCUT2D eigenvalue weighted by Crippen LogP contribution is -2.35. The first-order chi connectivity index (χ1) is 6.95. The minimum Gasteiger partial charge on any atom is -0.377 e. The van der Waals surface area contributed by atoms with Gasteiger partial charge in [-0.15, -0.1) is 0 Å². The summed E-state index contributed by atoms with van der Waals surface area (Å²) >= 11 is 1.23. The summed E-state index contributed by atoms with van der Waals surface area (Å²) in [5.41, 5.74) is 0.972. The van der Waals surface area contributed by atoms with Crippen molar-refractivity contribution in [3.63, 3.8) is 0 Å². The average Bonchev–Trinajstić information content (AvgIpc) is 2.58. The number of hydrogen-bond acceptors (Lipinski definition) is 6. The molecule has 1 fully saturated rings. The number of nitrogens with zero attached hydrogens (tertiary/aromatic N) is 2. The maximum Gasteiger partial charge on any atom is 0.0880 e. The fourth-order valence-corrected chi connectivity index (χ4v) is 1.68. The fourth-order valence-electron chi connectivity index (χ4n) is 1.25. The van der Waals surface area contributed by atoms with E-state index in [0.717, 1.165) is 12.2 Å². The van der Waals surface area contributed by atoms with Crippen molar-refractivity contribution in [3.05, 3.63) is 11.9 Å². The molecular weight excluding hydrogens is 202 g/mol. The molecule has 0 atom stereocenters. The molecule has 5 nitrogen and oxygen atoms in total. The van der Waals surface area contributed by atoms with Crippen LogP contribution in [0.1, 0.15) is 5.69 Å². The smallest absolute Gasteiger partial charge is 0.0880 e. The third-order valence-corrected chi connectivity index (χ3v) is 2.50. The van der Waals surface area contributed by atoms with E-state index in [1.54, 1.807) is 6.20 Å². The summed E-state index contributed by atoms with van der Waals surface area (Å²) in [5, 5.41) is 3.32. The van der Waals surface area contributed by atoms with Gasteiger partial charge in [0.15, 0.2) is 0 Å². The quantitative estimate of drug-likeness (QED) is 0.771. The van der Waals surface area contributed by atoms with Crippen molar-refractivity contribution in [2.45, 2.75) is 12.6 Å². The van der Waals surface area contributed by atoms with Crippen LogP contribution in [-0.4, -0.2) is 41.2 Å². The normalized spacial score (nSPS) is 19.4. The van der Waals surface area contributed by atoms with Gasteiger partial charge < -0.3 is 14.8 Å². The second-order valence-electron chi connectivity index (χ2n) is 3.13. The van der Waals surface area contributed by atoms with Gasteiger partial charge in [0.2, 0.25) is 0 Å². The third-order valence-electron chi connectivity index (χ3n) is 1.99. The summed E-state index contributed by atoms with van der Waals surface area (Å²) in [6, 6.07) is 0.263. The zero-order valence-corrected chi connectivity index (χ0v) is 8.63. The zero-order valence-electron chi connectivity index (χ0n) is 7.81. The average molecular weight is 215 g/mol. The molecule has 0 radical (unpaired) electrons. The summed E-state index contributed by atoms with van der Waals surface area (Å²) in [7, 11) is 0. The molecule has 0 unspecified atom stereocenters. The van der Waals surface area contributed by atoms with Crippen LogP contribution in [0.3, 0.4) is 0 Å². The van der Waals surface area contributed by atoms with Crippen LogP contribution in [0.5, 0.6) is 0 Å². The van der Waals surface area contributed by atoms with E-state index in [4.69, 9.17) is 9.47 Å². The predicted molar refractivity (Wildman–Crippen MR) is 52.2 cm³/mol. The SMILES string of the molecule is c1nsnc1CNC1COCCOC1. The molecule has 78 valence electrons. The molecule has 1 aliphatic rings.